The van der Waals surface area contributed by atoms with Crippen LogP contribution in [0, 0.1) is 12.3 Å². The average molecular weight is 816 g/mol. The summed E-state index contributed by atoms with van der Waals surface area (Å²) >= 11 is 1.58. The van der Waals surface area contributed by atoms with Crippen molar-refractivity contribution in [3.8, 4) is 38.6 Å². The number of piperidine rings is 1. The number of carbonyl (C=O) groups excluding carboxylic acids is 3. The van der Waals surface area contributed by atoms with Gasteiger partial charge in [0.1, 0.15) is 17.8 Å². The minimum Gasteiger partial charge on any atom is -0.507 e. The molecule has 3 amide bonds. The summed E-state index contributed by atoms with van der Waals surface area (Å²) < 4.78 is 0. The number of nitrogens with one attached hydrogen (secondary N) is 2. The van der Waals surface area contributed by atoms with Crippen molar-refractivity contribution in [2.24, 2.45) is 5.41 Å². The lowest BCUT2D eigenvalue weighted by atomic mass is 9.85. The zero-order valence-corrected chi connectivity index (χ0v) is 35.1. The molecule has 2 fully saturated rings. The fraction of sp³-hybridized carbons (Fsp3) is 0.391. The van der Waals surface area contributed by atoms with Crippen LogP contribution in [-0.4, -0.2) is 97.3 Å². The summed E-state index contributed by atoms with van der Waals surface area (Å²) in [7, 11) is 0. The van der Waals surface area contributed by atoms with Gasteiger partial charge in [0.2, 0.25) is 17.7 Å². The van der Waals surface area contributed by atoms with Gasteiger partial charge in [-0.2, -0.15) is 10.2 Å². The van der Waals surface area contributed by atoms with Crippen LogP contribution in [0.1, 0.15) is 75.7 Å². The topological polar surface area (TPSA) is 161 Å². The molecule has 0 spiro atoms. The number of aromatic nitrogens is 3. The van der Waals surface area contributed by atoms with E-state index >= 15 is 0 Å². The first-order valence-electron chi connectivity index (χ1n) is 20.3. The predicted octanol–water partition coefficient (Wildman–Crippen LogP) is 6.50. The van der Waals surface area contributed by atoms with Crippen LogP contribution in [0.5, 0.6) is 5.75 Å². The fourth-order valence-electron chi connectivity index (χ4n) is 8.17. The van der Waals surface area contributed by atoms with Gasteiger partial charge in [-0.25, -0.2) is 4.98 Å². The molecular formula is C46H53N7O5S. The molecule has 2 unspecified atom stereocenters. The number of benzene rings is 3. The summed E-state index contributed by atoms with van der Waals surface area (Å²) in [6.45, 7) is 11.2. The van der Waals surface area contributed by atoms with Gasteiger partial charge in [0, 0.05) is 24.1 Å². The number of aryl methyl sites for hydroxylation is 1. The molecule has 308 valence electrons. The van der Waals surface area contributed by atoms with Crippen molar-refractivity contribution < 1.29 is 24.6 Å². The van der Waals surface area contributed by atoms with Crippen molar-refractivity contribution in [2.45, 2.75) is 84.0 Å². The average Bonchev–Trinajstić information content (AvgIpc) is 3.85. The molecule has 12 nitrogen and oxygen atoms in total. The molecular weight excluding hydrogens is 763 g/mol. The third-order valence-electron chi connectivity index (χ3n) is 11.5. The van der Waals surface area contributed by atoms with Crippen molar-refractivity contribution in [2.75, 3.05) is 26.2 Å². The SMILES string of the molecule is Cc1ncsc1-c1ccc(C(C)NC(=O)[C@@H]2C[C@@H](O)CN2C(=O)C(NC(=O)CN2CCC(c3cccc(-c4cnnc(-c5ccccc5O)c4)c3)CC2)C(C)(C)C)cc1. The highest BCUT2D eigenvalue weighted by Gasteiger charge is 2.45. The summed E-state index contributed by atoms with van der Waals surface area (Å²) in [6, 6.07) is 23.3. The van der Waals surface area contributed by atoms with Crippen LogP contribution < -0.4 is 10.6 Å². The molecule has 4 heterocycles. The van der Waals surface area contributed by atoms with Gasteiger partial charge >= 0.3 is 0 Å². The molecule has 7 rings (SSSR count). The highest BCUT2D eigenvalue weighted by Crippen LogP contribution is 2.34. The number of aliphatic hydroxyl groups excluding tert-OH is 1. The van der Waals surface area contributed by atoms with E-state index in [-0.39, 0.29) is 49.0 Å². The standard InChI is InChI=1S/C46H53N7O5S/c1-28(30-13-15-32(16-14-30)42-29(2)47-27-59-42)49-44(57)39-23-36(54)25-53(39)45(58)43(46(3,4)5)50-41(56)26-52-19-17-31(18-20-52)33-9-8-10-34(21-33)35-22-38(51-48-24-35)37-11-6-7-12-40(37)55/h6-16,21-22,24,27-28,31,36,39,43,54-55H,17-20,23,25-26H2,1-5H3,(H,49,57)(H,50,56)/t28?,36-,39+,43?/m1/s1. The minimum atomic E-state index is -0.898. The zero-order valence-electron chi connectivity index (χ0n) is 34.3. The number of hydrogen-bond donors (Lipinski definition) is 4. The second-order valence-corrected chi connectivity index (χ2v) is 17.8. The number of thiazole rings is 1. The van der Waals surface area contributed by atoms with Crippen LogP contribution in [-0.2, 0) is 14.4 Å². The van der Waals surface area contributed by atoms with Gasteiger partial charge in [0.25, 0.3) is 0 Å². The Balaban J connectivity index is 0.943. The van der Waals surface area contributed by atoms with Gasteiger partial charge < -0.3 is 25.7 Å². The lowest BCUT2D eigenvalue weighted by Gasteiger charge is -2.36. The second-order valence-electron chi connectivity index (χ2n) is 16.9. The van der Waals surface area contributed by atoms with Crippen LogP contribution >= 0.6 is 11.3 Å². The van der Waals surface area contributed by atoms with Crippen molar-refractivity contribution in [1.82, 2.24) is 35.6 Å². The number of hydrogen-bond acceptors (Lipinski definition) is 10. The Bertz CT molecular complexity index is 2280. The highest BCUT2D eigenvalue weighted by molar-refractivity contribution is 7.13. The first-order chi connectivity index (χ1) is 28.2. The van der Waals surface area contributed by atoms with Crippen molar-refractivity contribution in [1.29, 1.82) is 0 Å². The van der Waals surface area contributed by atoms with E-state index in [9.17, 15) is 24.6 Å². The van der Waals surface area contributed by atoms with Crippen LogP contribution in [0.4, 0.5) is 0 Å². The second kappa shape index (κ2) is 17.8. The maximum absolute atomic E-state index is 14.2. The number of likely N-dealkylation sites (tertiary alicyclic amines) is 2. The zero-order chi connectivity index (χ0) is 41.8. The van der Waals surface area contributed by atoms with Gasteiger partial charge in [-0.15, -0.1) is 11.3 Å². The van der Waals surface area contributed by atoms with E-state index in [1.807, 2.05) is 94.7 Å². The van der Waals surface area contributed by atoms with Gasteiger partial charge in [-0.1, -0.05) is 81.4 Å². The van der Waals surface area contributed by atoms with Crippen LogP contribution in [0.25, 0.3) is 32.8 Å². The molecule has 4 N–H and O–H groups in total. The lowest BCUT2D eigenvalue weighted by Crippen LogP contribution is -2.59. The maximum Gasteiger partial charge on any atom is 0.246 e. The van der Waals surface area contributed by atoms with Crippen molar-refractivity contribution in [3.63, 3.8) is 0 Å². The third kappa shape index (κ3) is 9.70. The fourth-order valence-corrected chi connectivity index (χ4v) is 8.98. The Kier molecular flexibility index (Phi) is 12.6. The quantitative estimate of drug-likeness (QED) is 0.117. The molecule has 3 aromatic carbocycles. The Morgan fingerprint density at radius 2 is 1.68 bits per heavy atom. The molecule has 2 saturated heterocycles. The molecule has 2 aromatic heterocycles. The molecule has 4 atom stereocenters. The number of aromatic hydroxyl groups is 1. The molecule has 2 aliphatic rings. The smallest absolute Gasteiger partial charge is 0.246 e. The Morgan fingerprint density at radius 1 is 0.932 bits per heavy atom. The number of nitrogens with zero attached hydrogens (tertiary/aromatic N) is 5. The van der Waals surface area contributed by atoms with Crippen molar-refractivity contribution >= 4 is 29.1 Å². The van der Waals surface area contributed by atoms with Crippen LogP contribution in [0.3, 0.4) is 0 Å². The van der Waals surface area contributed by atoms with Gasteiger partial charge in [-0.05, 0) is 91.6 Å². The summed E-state index contributed by atoms with van der Waals surface area (Å²) in [6.07, 6.45) is 2.73. The molecule has 0 radical (unpaired) electrons. The molecule has 13 heteroatoms. The Labute approximate surface area is 349 Å². The number of β-amino-alcohol motifs (C(OH)–C–C–N with tert-alkyl or cyclic N) is 1. The number of phenols is 1. The van der Waals surface area contributed by atoms with Gasteiger partial charge in [0.05, 0.1) is 46.7 Å². The van der Waals surface area contributed by atoms with E-state index in [0.717, 1.165) is 58.8 Å². The Morgan fingerprint density at radius 3 is 2.37 bits per heavy atom. The van der Waals surface area contributed by atoms with Crippen LogP contribution in [0.15, 0.2) is 90.6 Å². The van der Waals surface area contributed by atoms with E-state index in [0.29, 0.717) is 17.2 Å². The summed E-state index contributed by atoms with van der Waals surface area (Å²) in [5.41, 5.74) is 8.48. The minimum absolute atomic E-state index is 0.0147. The van der Waals surface area contributed by atoms with Gasteiger partial charge in [-0.3, -0.25) is 19.3 Å². The molecule has 2 aliphatic heterocycles. The first-order valence-corrected chi connectivity index (χ1v) is 21.2. The van der Waals surface area contributed by atoms with E-state index in [2.05, 4.69) is 42.8 Å². The first kappa shape index (κ1) is 41.7. The normalized spacial score (nSPS) is 18.6. The van der Waals surface area contributed by atoms with E-state index < -0.39 is 23.6 Å². The molecule has 5 aromatic rings. The van der Waals surface area contributed by atoms with E-state index in [4.69, 9.17) is 0 Å². The molecule has 0 bridgehead atoms. The summed E-state index contributed by atoms with van der Waals surface area (Å²) in [5.74, 6) is -0.511. The molecule has 0 aliphatic carbocycles. The monoisotopic (exact) mass is 815 g/mol. The van der Waals surface area contributed by atoms with Crippen molar-refractivity contribution in [3.05, 3.63) is 107 Å². The van der Waals surface area contributed by atoms with Crippen LogP contribution in [0.2, 0.25) is 0 Å². The number of phenolic OH excluding ortho intramolecular Hbond substituents is 1. The maximum atomic E-state index is 14.2. The summed E-state index contributed by atoms with van der Waals surface area (Å²) in [5, 5.41) is 35.6. The Hall–Kier alpha value is -5.50. The molecule has 59 heavy (non-hydrogen) atoms. The highest BCUT2D eigenvalue weighted by atomic mass is 32.1. The number of carbonyl (C=O) groups is 3. The predicted molar refractivity (Wildman–Crippen MR) is 229 cm³/mol. The number of amides is 3. The van der Waals surface area contributed by atoms with E-state index in [1.54, 1.807) is 29.7 Å². The lowest BCUT2D eigenvalue weighted by molar-refractivity contribution is -0.144. The number of aliphatic hydroxyl groups is 1. The third-order valence-corrected chi connectivity index (χ3v) is 12.5. The number of rotatable bonds is 11. The summed E-state index contributed by atoms with van der Waals surface area (Å²) in [4.78, 5) is 50.6. The largest absolute Gasteiger partial charge is 0.507 e. The van der Waals surface area contributed by atoms with Gasteiger partial charge in [0.15, 0.2) is 0 Å². The molecule has 0 saturated carbocycles. The number of para-hydroxylation sites is 1. The van der Waals surface area contributed by atoms with E-state index in [1.165, 1.54) is 10.5 Å².